The summed E-state index contributed by atoms with van der Waals surface area (Å²) >= 11 is 0. The second kappa shape index (κ2) is 4.94. The molecule has 0 spiro atoms. The van der Waals surface area contributed by atoms with Crippen LogP contribution < -0.4 is 5.73 Å². The maximum Gasteiger partial charge on any atom is 0.131 e. The molecule has 1 nitrogen and oxygen atoms in total. The molecule has 4 heteroatoms. The summed E-state index contributed by atoms with van der Waals surface area (Å²) in [6.07, 6.45) is 1.29. The molecule has 0 aromatic heterocycles. The van der Waals surface area contributed by atoms with Crippen LogP contribution in [0.1, 0.15) is 11.6 Å². The van der Waals surface area contributed by atoms with Gasteiger partial charge in [-0.1, -0.05) is 12.1 Å². The van der Waals surface area contributed by atoms with Crippen LogP contribution in [0.2, 0.25) is 0 Å². The highest BCUT2D eigenvalue weighted by Gasteiger charge is 2.12. The van der Waals surface area contributed by atoms with Crippen molar-refractivity contribution in [1.82, 2.24) is 0 Å². The Morgan fingerprint density at radius 3 is 2.15 bits per heavy atom. The molecule has 0 unspecified atom stereocenters. The van der Waals surface area contributed by atoms with E-state index in [4.69, 9.17) is 5.73 Å². The van der Waals surface area contributed by atoms with E-state index in [1.807, 2.05) is 0 Å². The number of hydrogen-bond donors (Lipinski definition) is 1. The second-order valence-corrected chi connectivity index (χ2v) is 2.40. The topological polar surface area (TPSA) is 26.0 Å². The minimum Gasteiger partial charge on any atom is -0.321 e. The molecule has 0 aliphatic rings. The average Bonchev–Trinajstić information content (AvgIpc) is 2.03. The van der Waals surface area contributed by atoms with Gasteiger partial charge in [-0.25, -0.2) is 8.78 Å². The van der Waals surface area contributed by atoms with Crippen LogP contribution in [0, 0.1) is 11.6 Å². The molecule has 1 aromatic rings. The lowest BCUT2D eigenvalue weighted by Gasteiger charge is -2.08. The van der Waals surface area contributed by atoms with Crippen molar-refractivity contribution in [2.75, 3.05) is 0 Å². The zero-order chi connectivity index (χ0) is 9.14. The summed E-state index contributed by atoms with van der Waals surface area (Å²) in [6.45, 7) is 3.36. The second-order valence-electron chi connectivity index (χ2n) is 2.40. The normalized spacial score (nSPS) is 11.6. The molecular weight excluding hydrogens is 196 g/mol. The Bertz CT molecular complexity index is 281. The minimum atomic E-state index is -0.786. The molecule has 1 aromatic carbocycles. The monoisotopic (exact) mass is 205 g/mol. The summed E-state index contributed by atoms with van der Waals surface area (Å²) in [5.41, 5.74) is 5.27. The molecule has 0 radical (unpaired) electrons. The van der Waals surface area contributed by atoms with Gasteiger partial charge in [0.25, 0.3) is 0 Å². The molecule has 0 aliphatic heterocycles. The first-order valence-corrected chi connectivity index (χ1v) is 3.49. The summed E-state index contributed by atoms with van der Waals surface area (Å²) in [5.74, 6) is -1.27. The van der Waals surface area contributed by atoms with Gasteiger partial charge < -0.3 is 5.73 Å². The van der Waals surface area contributed by atoms with Crippen molar-refractivity contribution in [1.29, 1.82) is 0 Å². The average molecular weight is 206 g/mol. The molecular formula is C9H10ClF2N. The van der Waals surface area contributed by atoms with E-state index in [1.165, 1.54) is 24.3 Å². The Kier molecular flexibility index (Phi) is 4.59. The standard InChI is InChI=1S/C9H9F2N.ClH/c1-2-8(12)9-6(10)4-3-5-7(9)11;/h2-5,8H,1,12H2;1H/t8-;/m1./s1. The highest BCUT2D eigenvalue weighted by molar-refractivity contribution is 5.85. The molecule has 0 saturated heterocycles. The lowest BCUT2D eigenvalue weighted by atomic mass is 10.1. The number of benzene rings is 1. The van der Waals surface area contributed by atoms with Crippen LogP contribution >= 0.6 is 12.4 Å². The quantitative estimate of drug-likeness (QED) is 0.738. The molecule has 0 amide bonds. The lowest BCUT2D eigenvalue weighted by Crippen LogP contribution is -2.10. The van der Waals surface area contributed by atoms with Crippen LogP contribution in [0.5, 0.6) is 0 Å². The van der Waals surface area contributed by atoms with Crippen molar-refractivity contribution in [2.24, 2.45) is 5.73 Å². The molecule has 0 heterocycles. The van der Waals surface area contributed by atoms with E-state index in [2.05, 4.69) is 6.58 Å². The van der Waals surface area contributed by atoms with E-state index in [0.717, 1.165) is 0 Å². The number of hydrogen-bond acceptors (Lipinski definition) is 1. The van der Waals surface area contributed by atoms with Gasteiger partial charge in [-0.15, -0.1) is 19.0 Å². The largest absolute Gasteiger partial charge is 0.321 e. The Labute approximate surface area is 81.7 Å². The van der Waals surface area contributed by atoms with Crippen molar-refractivity contribution in [3.8, 4) is 0 Å². The van der Waals surface area contributed by atoms with E-state index in [1.54, 1.807) is 0 Å². The molecule has 0 saturated carbocycles. The van der Waals surface area contributed by atoms with Crippen molar-refractivity contribution in [2.45, 2.75) is 6.04 Å². The van der Waals surface area contributed by atoms with Gasteiger partial charge in [0.05, 0.1) is 6.04 Å². The van der Waals surface area contributed by atoms with Gasteiger partial charge >= 0.3 is 0 Å². The summed E-state index contributed by atoms with van der Waals surface area (Å²) in [4.78, 5) is 0. The lowest BCUT2D eigenvalue weighted by molar-refractivity contribution is 0.546. The van der Waals surface area contributed by atoms with E-state index < -0.39 is 17.7 Å². The number of rotatable bonds is 2. The van der Waals surface area contributed by atoms with E-state index in [9.17, 15) is 8.78 Å². The van der Waals surface area contributed by atoms with Gasteiger partial charge in [-0.3, -0.25) is 0 Å². The molecule has 72 valence electrons. The summed E-state index contributed by atoms with van der Waals surface area (Å²) in [6, 6.07) is 2.85. The third kappa shape index (κ3) is 2.50. The zero-order valence-corrected chi connectivity index (χ0v) is 7.65. The van der Waals surface area contributed by atoms with Gasteiger partial charge in [0.15, 0.2) is 0 Å². The van der Waals surface area contributed by atoms with E-state index >= 15 is 0 Å². The Morgan fingerprint density at radius 1 is 1.31 bits per heavy atom. The van der Waals surface area contributed by atoms with Gasteiger partial charge in [-0.2, -0.15) is 0 Å². The van der Waals surface area contributed by atoms with E-state index in [0.29, 0.717) is 0 Å². The minimum absolute atomic E-state index is 0. The van der Waals surface area contributed by atoms with E-state index in [-0.39, 0.29) is 18.0 Å². The van der Waals surface area contributed by atoms with Crippen LogP contribution in [0.15, 0.2) is 30.9 Å². The van der Waals surface area contributed by atoms with Crippen molar-refractivity contribution in [3.63, 3.8) is 0 Å². The van der Waals surface area contributed by atoms with Crippen LogP contribution in [-0.2, 0) is 0 Å². The zero-order valence-electron chi connectivity index (χ0n) is 6.84. The summed E-state index contributed by atoms with van der Waals surface area (Å²) in [5, 5.41) is 0. The Morgan fingerprint density at radius 2 is 1.77 bits per heavy atom. The van der Waals surface area contributed by atoms with Crippen LogP contribution in [0.25, 0.3) is 0 Å². The number of nitrogens with two attached hydrogens (primary N) is 1. The van der Waals surface area contributed by atoms with Gasteiger partial charge in [0, 0.05) is 5.56 Å². The molecule has 13 heavy (non-hydrogen) atoms. The molecule has 1 atom stereocenters. The van der Waals surface area contributed by atoms with Crippen molar-refractivity contribution >= 4 is 12.4 Å². The molecule has 0 fully saturated rings. The Balaban J connectivity index is 0.00000144. The SMILES string of the molecule is C=C[C@@H](N)c1c(F)cccc1F.Cl. The van der Waals surface area contributed by atoms with Crippen molar-refractivity contribution in [3.05, 3.63) is 48.1 Å². The van der Waals surface area contributed by atoms with Crippen LogP contribution in [0.4, 0.5) is 8.78 Å². The molecule has 0 bridgehead atoms. The summed E-state index contributed by atoms with van der Waals surface area (Å²) in [7, 11) is 0. The molecule has 2 N–H and O–H groups in total. The fourth-order valence-corrected chi connectivity index (χ4v) is 0.947. The predicted octanol–water partition coefficient (Wildman–Crippen LogP) is 2.57. The van der Waals surface area contributed by atoms with Crippen molar-refractivity contribution < 1.29 is 8.78 Å². The van der Waals surface area contributed by atoms with Gasteiger partial charge in [0.1, 0.15) is 11.6 Å². The fraction of sp³-hybridized carbons (Fsp3) is 0.111. The first-order valence-electron chi connectivity index (χ1n) is 3.49. The maximum atomic E-state index is 12.9. The molecule has 1 rings (SSSR count). The van der Waals surface area contributed by atoms with Crippen LogP contribution in [-0.4, -0.2) is 0 Å². The first-order chi connectivity index (χ1) is 5.66. The highest BCUT2D eigenvalue weighted by Crippen LogP contribution is 2.18. The Hall–Kier alpha value is -0.930. The molecule has 0 aliphatic carbocycles. The fourth-order valence-electron chi connectivity index (χ4n) is 0.947. The predicted molar refractivity (Wildman–Crippen MR) is 50.7 cm³/mol. The van der Waals surface area contributed by atoms with Crippen LogP contribution in [0.3, 0.4) is 0 Å². The third-order valence-corrected chi connectivity index (χ3v) is 1.59. The van der Waals surface area contributed by atoms with Gasteiger partial charge in [-0.05, 0) is 12.1 Å². The first kappa shape index (κ1) is 12.1. The number of halogens is 3. The summed E-state index contributed by atoms with van der Waals surface area (Å²) < 4.78 is 25.8. The smallest absolute Gasteiger partial charge is 0.131 e. The maximum absolute atomic E-state index is 12.9. The highest BCUT2D eigenvalue weighted by atomic mass is 35.5. The third-order valence-electron chi connectivity index (χ3n) is 1.59. The van der Waals surface area contributed by atoms with Gasteiger partial charge in [0.2, 0.25) is 0 Å².